The first-order valence-corrected chi connectivity index (χ1v) is 8.31. The first-order chi connectivity index (χ1) is 8.63. The molecule has 0 aromatic heterocycles. The number of carbonyl (C=O) groups is 1. The van der Waals surface area contributed by atoms with Gasteiger partial charge in [0, 0.05) is 41.9 Å². The normalized spacial score (nSPS) is 18.7. The van der Waals surface area contributed by atoms with Crippen LogP contribution in [0.15, 0.2) is 0 Å². The molecule has 0 spiro atoms. The quantitative estimate of drug-likeness (QED) is 0.734. The average Bonchev–Trinajstić information content (AvgIpc) is 2.35. The van der Waals surface area contributed by atoms with Gasteiger partial charge in [0.15, 0.2) is 0 Å². The van der Waals surface area contributed by atoms with Gasteiger partial charge >= 0.3 is 6.09 Å². The Balaban J connectivity index is 2.11. The molecule has 1 amide bonds. The number of hydrogen-bond acceptors (Lipinski definition) is 4. The molecule has 0 radical (unpaired) electrons. The van der Waals surface area contributed by atoms with Gasteiger partial charge in [0.05, 0.1) is 6.61 Å². The van der Waals surface area contributed by atoms with Crippen LogP contribution in [0.4, 0.5) is 4.79 Å². The Bertz CT molecular complexity index is 278. The van der Waals surface area contributed by atoms with Crippen LogP contribution in [0.3, 0.4) is 0 Å². The first-order valence-electron chi connectivity index (χ1n) is 6.58. The Hall–Kier alpha value is -0.620. The minimum Gasteiger partial charge on any atom is -0.450 e. The number of amides is 1. The van der Waals surface area contributed by atoms with Gasteiger partial charge in [-0.15, -0.1) is 0 Å². The number of rotatable bonds is 6. The largest absolute Gasteiger partial charge is 0.450 e. The van der Waals surface area contributed by atoms with Gasteiger partial charge < -0.3 is 15.0 Å². The minimum absolute atomic E-state index is 0.197. The molecule has 1 aliphatic heterocycles. The molecule has 1 heterocycles. The Morgan fingerprint density at radius 1 is 1.44 bits per heavy atom. The molecule has 0 aromatic carbocycles. The summed E-state index contributed by atoms with van der Waals surface area (Å²) in [5.74, 6) is 0.759. The second kappa shape index (κ2) is 8.48. The summed E-state index contributed by atoms with van der Waals surface area (Å²) < 4.78 is 15.9. The maximum atomic E-state index is 11.5. The summed E-state index contributed by atoms with van der Waals surface area (Å²) in [6, 6.07) is 0.473. The number of nitrogens with one attached hydrogen (secondary N) is 1. The number of piperidine rings is 1. The lowest BCUT2D eigenvalue weighted by Gasteiger charge is -2.31. The molecule has 1 aliphatic rings. The maximum absolute atomic E-state index is 11.5. The van der Waals surface area contributed by atoms with E-state index in [1.54, 1.807) is 11.2 Å². The fourth-order valence-corrected chi connectivity index (χ4v) is 2.61. The van der Waals surface area contributed by atoms with Crippen molar-refractivity contribution < 1.29 is 13.7 Å². The van der Waals surface area contributed by atoms with Gasteiger partial charge in [-0.3, -0.25) is 4.21 Å². The molecule has 6 heteroatoms. The molecule has 0 bridgehead atoms. The summed E-state index contributed by atoms with van der Waals surface area (Å²) in [6.45, 7) is 4.69. The van der Waals surface area contributed by atoms with Crippen LogP contribution in [0, 0.1) is 0 Å². The fraction of sp³-hybridized carbons (Fsp3) is 0.917. The zero-order chi connectivity index (χ0) is 13.4. The third-order valence-electron chi connectivity index (χ3n) is 3.06. The van der Waals surface area contributed by atoms with Crippen LogP contribution < -0.4 is 5.32 Å². The summed E-state index contributed by atoms with van der Waals surface area (Å²) in [7, 11) is -0.696. The van der Waals surface area contributed by atoms with Crippen LogP contribution in [0.2, 0.25) is 0 Å². The Labute approximate surface area is 112 Å². The molecular formula is C12H24N2O3S. The zero-order valence-corrected chi connectivity index (χ0v) is 12.1. The van der Waals surface area contributed by atoms with Gasteiger partial charge in [-0.25, -0.2) is 4.79 Å². The van der Waals surface area contributed by atoms with Crippen LogP contribution in [0.25, 0.3) is 0 Å². The Kier molecular flexibility index (Phi) is 7.27. The maximum Gasteiger partial charge on any atom is 0.409 e. The van der Waals surface area contributed by atoms with Gasteiger partial charge in [0.1, 0.15) is 0 Å². The third kappa shape index (κ3) is 5.82. The molecule has 0 saturated carbocycles. The van der Waals surface area contributed by atoms with Crippen molar-refractivity contribution in [2.24, 2.45) is 0 Å². The number of hydrogen-bond donors (Lipinski definition) is 1. The van der Waals surface area contributed by atoms with E-state index in [4.69, 9.17) is 4.74 Å². The second-order valence-electron chi connectivity index (χ2n) is 4.55. The highest BCUT2D eigenvalue weighted by atomic mass is 32.2. The fourth-order valence-electron chi connectivity index (χ4n) is 2.06. The topological polar surface area (TPSA) is 58.6 Å². The number of likely N-dealkylation sites (tertiary alicyclic amines) is 1. The Morgan fingerprint density at radius 2 is 2.11 bits per heavy atom. The monoisotopic (exact) mass is 276 g/mol. The molecule has 0 aliphatic carbocycles. The van der Waals surface area contributed by atoms with Crippen LogP contribution in [-0.4, -0.2) is 59.5 Å². The van der Waals surface area contributed by atoms with Crippen molar-refractivity contribution in [3.63, 3.8) is 0 Å². The smallest absolute Gasteiger partial charge is 0.409 e. The van der Waals surface area contributed by atoms with E-state index >= 15 is 0 Å². The predicted molar refractivity (Wildman–Crippen MR) is 73.2 cm³/mol. The van der Waals surface area contributed by atoms with E-state index < -0.39 is 10.8 Å². The van der Waals surface area contributed by atoms with E-state index in [1.165, 1.54) is 0 Å². The molecule has 1 atom stereocenters. The van der Waals surface area contributed by atoms with Gasteiger partial charge in [-0.05, 0) is 32.7 Å². The van der Waals surface area contributed by atoms with Crippen molar-refractivity contribution >= 4 is 16.9 Å². The first kappa shape index (κ1) is 15.4. The molecule has 18 heavy (non-hydrogen) atoms. The van der Waals surface area contributed by atoms with E-state index in [1.807, 2.05) is 6.92 Å². The van der Waals surface area contributed by atoms with E-state index in [2.05, 4.69) is 5.32 Å². The minimum atomic E-state index is -0.696. The lowest BCUT2D eigenvalue weighted by Crippen LogP contribution is -2.45. The summed E-state index contributed by atoms with van der Waals surface area (Å²) in [5, 5.41) is 3.46. The van der Waals surface area contributed by atoms with E-state index in [0.29, 0.717) is 12.6 Å². The van der Waals surface area contributed by atoms with Crippen molar-refractivity contribution in [1.82, 2.24) is 10.2 Å². The molecule has 1 N–H and O–H groups in total. The second-order valence-corrected chi connectivity index (χ2v) is 6.10. The van der Waals surface area contributed by atoms with Crippen LogP contribution >= 0.6 is 0 Å². The van der Waals surface area contributed by atoms with Crippen molar-refractivity contribution in [3.05, 3.63) is 0 Å². The van der Waals surface area contributed by atoms with Crippen molar-refractivity contribution in [3.8, 4) is 0 Å². The Morgan fingerprint density at radius 3 is 2.67 bits per heavy atom. The molecule has 1 rings (SSSR count). The summed E-state index contributed by atoms with van der Waals surface area (Å²) >= 11 is 0. The number of ether oxygens (including phenoxy) is 1. The molecule has 1 unspecified atom stereocenters. The highest BCUT2D eigenvalue weighted by molar-refractivity contribution is 7.84. The standard InChI is InChI=1S/C12H24N2O3S/c1-3-17-12(15)14-8-5-11(6-9-14)13-7-4-10-18(2)16/h11,13H,3-10H2,1-2H3. The average molecular weight is 276 g/mol. The van der Waals surface area contributed by atoms with Gasteiger partial charge in [-0.1, -0.05) is 0 Å². The molecule has 106 valence electrons. The summed E-state index contributed by atoms with van der Waals surface area (Å²) in [4.78, 5) is 13.3. The van der Waals surface area contributed by atoms with E-state index in [0.717, 1.165) is 44.6 Å². The van der Waals surface area contributed by atoms with E-state index in [-0.39, 0.29) is 6.09 Å². The molecule has 1 saturated heterocycles. The van der Waals surface area contributed by atoms with Crippen LogP contribution in [-0.2, 0) is 15.5 Å². The van der Waals surface area contributed by atoms with Crippen molar-refractivity contribution in [2.45, 2.75) is 32.2 Å². The predicted octanol–water partition coefficient (Wildman–Crippen LogP) is 0.965. The zero-order valence-electron chi connectivity index (χ0n) is 11.3. The van der Waals surface area contributed by atoms with Crippen molar-refractivity contribution in [1.29, 1.82) is 0 Å². The van der Waals surface area contributed by atoms with Crippen molar-refractivity contribution in [2.75, 3.05) is 38.2 Å². The molecule has 5 nitrogen and oxygen atoms in total. The van der Waals surface area contributed by atoms with Crippen LogP contribution in [0.1, 0.15) is 26.2 Å². The van der Waals surface area contributed by atoms with E-state index in [9.17, 15) is 9.00 Å². The van der Waals surface area contributed by atoms with Crippen LogP contribution in [0.5, 0.6) is 0 Å². The van der Waals surface area contributed by atoms with Gasteiger partial charge in [0.2, 0.25) is 0 Å². The number of carbonyl (C=O) groups excluding carboxylic acids is 1. The highest BCUT2D eigenvalue weighted by Crippen LogP contribution is 2.11. The molecule has 0 aromatic rings. The lowest BCUT2D eigenvalue weighted by molar-refractivity contribution is 0.0951. The summed E-state index contributed by atoms with van der Waals surface area (Å²) in [6.07, 6.45) is 4.42. The highest BCUT2D eigenvalue weighted by Gasteiger charge is 2.22. The summed E-state index contributed by atoms with van der Waals surface area (Å²) in [5.41, 5.74) is 0. The SMILES string of the molecule is CCOC(=O)N1CCC(NCCCS(C)=O)CC1. The lowest BCUT2D eigenvalue weighted by atomic mass is 10.1. The third-order valence-corrected chi connectivity index (χ3v) is 3.93. The van der Waals surface area contributed by atoms with Gasteiger partial charge in [-0.2, -0.15) is 0 Å². The molecule has 1 fully saturated rings. The number of nitrogens with zero attached hydrogens (tertiary/aromatic N) is 1. The van der Waals surface area contributed by atoms with Gasteiger partial charge in [0.25, 0.3) is 0 Å². The molecular weight excluding hydrogens is 252 g/mol.